The normalized spacial score (nSPS) is 20.3. The van der Waals surface area contributed by atoms with E-state index in [1.54, 1.807) is 0 Å². The summed E-state index contributed by atoms with van der Waals surface area (Å²) in [5.74, 6) is 0.855. The number of hydrogen-bond acceptors (Lipinski definition) is 6. The van der Waals surface area contributed by atoms with Crippen LogP contribution in [-0.4, -0.2) is 63.1 Å². The topological polar surface area (TPSA) is 57.5 Å². The summed E-state index contributed by atoms with van der Waals surface area (Å²) in [6.45, 7) is 5.34. The van der Waals surface area contributed by atoms with Crippen molar-refractivity contribution in [2.24, 2.45) is 7.05 Å². The first kappa shape index (κ1) is 24.5. The zero-order valence-corrected chi connectivity index (χ0v) is 21.9. The van der Waals surface area contributed by atoms with Gasteiger partial charge in [-0.3, -0.25) is 9.69 Å². The van der Waals surface area contributed by atoms with Gasteiger partial charge in [-0.25, -0.2) is 9.97 Å². The highest BCUT2D eigenvalue weighted by atomic mass is 35.5. The van der Waals surface area contributed by atoms with Gasteiger partial charge in [0.05, 0.1) is 5.52 Å². The van der Waals surface area contributed by atoms with Gasteiger partial charge >= 0.3 is 0 Å². The van der Waals surface area contributed by atoms with Crippen LogP contribution in [0.3, 0.4) is 0 Å². The van der Waals surface area contributed by atoms with Gasteiger partial charge in [0.2, 0.25) is 0 Å². The molecular weight excluding hydrogens is 472 g/mol. The van der Waals surface area contributed by atoms with Gasteiger partial charge in [0.25, 0.3) is 0 Å². The van der Waals surface area contributed by atoms with Crippen LogP contribution >= 0.6 is 11.6 Å². The number of hydrogen-bond donors (Lipinski definition) is 0. The molecule has 0 saturated carbocycles. The molecule has 2 aliphatic heterocycles. The fourth-order valence-corrected chi connectivity index (χ4v) is 5.42. The Morgan fingerprint density at radius 3 is 2.81 bits per heavy atom. The summed E-state index contributed by atoms with van der Waals surface area (Å²) in [7, 11) is 4.11. The van der Waals surface area contributed by atoms with Crippen molar-refractivity contribution in [2.45, 2.75) is 38.4 Å². The monoisotopic (exact) mass is 504 g/mol. The predicted molar refractivity (Wildman–Crippen MR) is 146 cm³/mol. The van der Waals surface area contributed by atoms with E-state index in [4.69, 9.17) is 11.6 Å². The van der Waals surface area contributed by atoms with Crippen molar-refractivity contribution in [2.75, 3.05) is 31.6 Å². The molecule has 2 aromatic heterocycles. The quantitative estimate of drug-likeness (QED) is 0.468. The van der Waals surface area contributed by atoms with Crippen molar-refractivity contribution < 1.29 is 0 Å². The summed E-state index contributed by atoms with van der Waals surface area (Å²) in [5, 5.41) is 1.22. The Bertz CT molecular complexity index is 1370. The number of para-hydroxylation sites is 1. The largest absolute Gasteiger partial charge is 0.374 e. The summed E-state index contributed by atoms with van der Waals surface area (Å²) in [4.78, 5) is 29.0. The number of aryl methyl sites for hydroxylation is 1. The van der Waals surface area contributed by atoms with E-state index in [0.717, 1.165) is 54.8 Å². The number of nitrogens with zero attached hydrogens (tertiary/aromatic N) is 6. The van der Waals surface area contributed by atoms with Gasteiger partial charge in [-0.1, -0.05) is 29.8 Å². The maximum atomic E-state index is 13.5. The summed E-state index contributed by atoms with van der Waals surface area (Å²) >= 11 is 6.16. The number of halogens is 1. The Hall–Kier alpha value is -3.16. The van der Waals surface area contributed by atoms with Crippen molar-refractivity contribution in [1.82, 2.24) is 24.3 Å². The van der Waals surface area contributed by atoms with E-state index in [-0.39, 0.29) is 11.5 Å². The number of likely N-dealkylation sites (N-methyl/N-ethyl adjacent to an activating group) is 1. The summed E-state index contributed by atoms with van der Waals surface area (Å²) in [5.41, 5.74) is 3.17. The lowest BCUT2D eigenvalue weighted by atomic mass is 10.0. The minimum absolute atomic E-state index is 0.116. The van der Waals surface area contributed by atoms with Crippen LogP contribution < -0.4 is 10.3 Å². The molecule has 4 heterocycles. The number of anilines is 1. The molecule has 5 rings (SSSR count). The molecule has 188 valence electrons. The highest BCUT2D eigenvalue weighted by molar-refractivity contribution is 6.29. The summed E-state index contributed by atoms with van der Waals surface area (Å²) in [6.07, 6.45) is 12.3. The average Bonchev–Trinajstić information content (AvgIpc) is 2.89. The highest BCUT2D eigenvalue weighted by Gasteiger charge is 2.28. The van der Waals surface area contributed by atoms with E-state index in [0.29, 0.717) is 17.7 Å². The molecule has 0 radical (unpaired) electrons. The van der Waals surface area contributed by atoms with E-state index in [1.807, 2.05) is 43.6 Å². The molecule has 0 bridgehead atoms. The second-order valence-corrected chi connectivity index (χ2v) is 10.3. The first-order chi connectivity index (χ1) is 17.4. The molecule has 1 fully saturated rings. The molecule has 8 heteroatoms. The average molecular weight is 505 g/mol. The van der Waals surface area contributed by atoms with Crippen LogP contribution in [0.5, 0.6) is 0 Å². The maximum Gasteiger partial charge on any atom is 0.193 e. The van der Waals surface area contributed by atoms with Crippen molar-refractivity contribution in [3.63, 3.8) is 0 Å². The minimum atomic E-state index is 0.116. The van der Waals surface area contributed by atoms with Gasteiger partial charge in [0, 0.05) is 75.6 Å². The summed E-state index contributed by atoms with van der Waals surface area (Å²) in [6, 6.07) is 10.3. The number of pyridine rings is 1. The van der Waals surface area contributed by atoms with E-state index in [9.17, 15) is 4.79 Å². The number of fused-ring (bicyclic) bond motifs is 1. The number of benzene rings is 1. The van der Waals surface area contributed by atoms with E-state index in [1.165, 1.54) is 11.9 Å². The lowest BCUT2D eigenvalue weighted by molar-refractivity contribution is 0.181. The molecule has 0 N–H and O–H groups in total. The number of rotatable bonds is 6. The molecule has 0 spiro atoms. The molecule has 1 unspecified atom stereocenters. The van der Waals surface area contributed by atoms with Crippen LogP contribution in [0.25, 0.3) is 10.9 Å². The van der Waals surface area contributed by atoms with E-state index >= 15 is 0 Å². The van der Waals surface area contributed by atoms with E-state index < -0.39 is 0 Å². The second kappa shape index (κ2) is 10.4. The van der Waals surface area contributed by atoms with Gasteiger partial charge in [0.1, 0.15) is 17.3 Å². The van der Waals surface area contributed by atoms with Crippen molar-refractivity contribution in [1.29, 1.82) is 0 Å². The van der Waals surface area contributed by atoms with Crippen LogP contribution in [0.1, 0.15) is 25.3 Å². The Balaban J connectivity index is 1.47. The fraction of sp³-hybridized carbons (Fsp3) is 0.393. The standard InChI is InChI=1S/C28H33ClN6O/c1-20-13-21(10-12-32(20)2)15-35(17-22-16-33(3)25-9-5-4-8-24(25)28(22)36)23-7-6-11-34(18-23)27-14-26(29)30-19-31-27/h4-5,8-10,12-14,16,19-20,23H,6-7,11,15,17-18H2,1-3H3/t20?,23-/m0/s1. The smallest absolute Gasteiger partial charge is 0.193 e. The first-order valence-corrected chi connectivity index (χ1v) is 12.9. The molecule has 0 aliphatic carbocycles. The minimum Gasteiger partial charge on any atom is -0.374 e. The molecule has 2 aliphatic rings. The lowest BCUT2D eigenvalue weighted by Crippen LogP contribution is -2.49. The van der Waals surface area contributed by atoms with E-state index in [2.05, 4.69) is 61.6 Å². The molecule has 2 atom stereocenters. The van der Waals surface area contributed by atoms with Gasteiger partial charge < -0.3 is 14.4 Å². The SMILES string of the molecule is CC1C=C(CN(Cc2cn(C)c3ccccc3c2=O)[C@H]2CCCN(c3cc(Cl)ncn3)C2)C=CN1C. The first-order valence-electron chi connectivity index (χ1n) is 12.5. The molecule has 0 amide bonds. The number of aromatic nitrogens is 3. The van der Waals surface area contributed by atoms with Crippen molar-refractivity contribution in [3.05, 3.63) is 87.7 Å². The third-order valence-corrected chi connectivity index (χ3v) is 7.61. The second-order valence-electron chi connectivity index (χ2n) is 9.92. The Morgan fingerprint density at radius 1 is 1.17 bits per heavy atom. The van der Waals surface area contributed by atoms with Crippen molar-refractivity contribution >= 4 is 28.3 Å². The Morgan fingerprint density at radius 2 is 2.00 bits per heavy atom. The molecule has 1 saturated heterocycles. The maximum absolute atomic E-state index is 13.5. The Kier molecular flexibility index (Phi) is 7.12. The Labute approximate surface area is 217 Å². The van der Waals surface area contributed by atoms with Gasteiger partial charge in [-0.2, -0.15) is 0 Å². The molecule has 1 aromatic carbocycles. The van der Waals surface area contributed by atoms with Crippen LogP contribution in [0.2, 0.25) is 5.15 Å². The zero-order valence-electron chi connectivity index (χ0n) is 21.1. The van der Waals surface area contributed by atoms with Crippen LogP contribution in [0, 0.1) is 0 Å². The van der Waals surface area contributed by atoms with Crippen LogP contribution in [0.4, 0.5) is 5.82 Å². The summed E-state index contributed by atoms with van der Waals surface area (Å²) < 4.78 is 2.07. The fourth-order valence-electron chi connectivity index (χ4n) is 5.28. The van der Waals surface area contributed by atoms with Crippen molar-refractivity contribution in [3.8, 4) is 0 Å². The van der Waals surface area contributed by atoms with Crippen LogP contribution in [-0.2, 0) is 13.6 Å². The highest BCUT2D eigenvalue weighted by Crippen LogP contribution is 2.25. The molecule has 7 nitrogen and oxygen atoms in total. The molecule has 3 aromatic rings. The number of piperidine rings is 1. The zero-order chi connectivity index (χ0) is 25.2. The molecule has 36 heavy (non-hydrogen) atoms. The van der Waals surface area contributed by atoms with Gasteiger partial charge in [0.15, 0.2) is 5.43 Å². The van der Waals surface area contributed by atoms with Gasteiger partial charge in [-0.15, -0.1) is 0 Å². The third-order valence-electron chi connectivity index (χ3n) is 7.41. The van der Waals surface area contributed by atoms with Crippen LogP contribution in [0.15, 0.2) is 71.6 Å². The predicted octanol–water partition coefficient (Wildman–Crippen LogP) is 4.23. The lowest BCUT2D eigenvalue weighted by Gasteiger charge is -2.40. The third kappa shape index (κ3) is 5.18. The molecular formula is C28H33ClN6O. The van der Waals surface area contributed by atoms with Gasteiger partial charge in [-0.05, 0) is 49.7 Å².